The number of nitrogens with zero attached hydrogens (tertiary/aromatic N) is 2. The molecule has 0 bridgehead atoms. The summed E-state index contributed by atoms with van der Waals surface area (Å²) < 4.78 is 16.5. The molecule has 1 N–H and O–H groups in total. The Kier molecular flexibility index (Phi) is 5.73. The van der Waals surface area contributed by atoms with Gasteiger partial charge in [0.05, 0.1) is 22.6 Å². The van der Waals surface area contributed by atoms with E-state index in [1.54, 1.807) is 37.3 Å². The summed E-state index contributed by atoms with van der Waals surface area (Å²) in [5.41, 5.74) is -0.357. The van der Waals surface area contributed by atoms with Gasteiger partial charge in [0, 0.05) is 0 Å². The van der Waals surface area contributed by atoms with E-state index in [4.69, 9.17) is 0 Å². The second kappa shape index (κ2) is 8.63. The number of halogens is 1. The molecule has 7 heteroatoms. The zero-order valence-electron chi connectivity index (χ0n) is 17.7. The minimum Gasteiger partial charge on any atom is -0.348 e. The van der Waals surface area contributed by atoms with Gasteiger partial charge in [-0.05, 0) is 43.7 Å². The van der Waals surface area contributed by atoms with Gasteiger partial charge < -0.3 is 5.32 Å². The maximum absolute atomic E-state index is 14.5. The molecule has 0 aliphatic rings. The van der Waals surface area contributed by atoms with Crippen molar-refractivity contribution >= 4 is 16.8 Å². The molecule has 0 aliphatic carbocycles. The van der Waals surface area contributed by atoms with Crippen molar-refractivity contribution < 1.29 is 9.18 Å². The number of rotatable bonds is 5. The normalized spacial score (nSPS) is 13.0. The highest BCUT2D eigenvalue weighted by Crippen LogP contribution is 2.18. The minimum absolute atomic E-state index is 0.160. The summed E-state index contributed by atoms with van der Waals surface area (Å²) in [6.07, 6.45) is 0. The predicted molar refractivity (Wildman–Crippen MR) is 121 cm³/mol. The van der Waals surface area contributed by atoms with E-state index in [1.165, 1.54) is 22.8 Å². The van der Waals surface area contributed by atoms with E-state index in [0.29, 0.717) is 5.52 Å². The second-order valence-corrected chi connectivity index (χ2v) is 7.58. The maximum atomic E-state index is 14.5. The summed E-state index contributed by atoms with van der Waals surface area (Å²) in [4.78, 5) is 39.6. The molecule has 4 aromatic rings. The van der Waals surface area contributed by atoms with Crippen molar-refractivity contribution in [3.05, 3.63) is 111 Å². The molecule has 0 aliphatic heterocycles. The summed E-state index contributed by atoms with van der Waals surface area (Å²) in [7, 11) is 0. The molecule has 0 saturated heterocycles. The summed E-state index contributed by atoms with van der Waals surface area (Å²) >= 11 is 0. The van der Waals surface area contributed by atoms with Crippen molar-refractivity contribution in [2.75, 3.05) is 0 Å². The van der Waals surface area contributed by atoms with Crippen molar-refractivity contribution in [2.24, 2.45) is 0 Å². The van der Waals surface area contributed by atoms with Gasteiger partial charge >= 0.3 is 5.69 Å². The average Bonchev–Trinajstić information content (AvgIpc) is 2.81. The van der Waals surface area contributed by atoms with E-state index in [9.17, 15) is 18.8 Å². The lowest BCUT2D eigenvalue weighted by Crippen LogP contribution is -2.44. The van der Waals surface area contributed by atoms with Crippen LogP contribution in [0, 0.1) is 5.82 Å². The van der Waals surface area contributed by atoms with Crippen LogP contribution in [-0.4, -0.2) is 15.0 Å². The Labute approximate surface area is 183 Å². The molecule has 0 radical (unpaired) electrons. The molecule has 2 unspecified atom stereocenters. The van der Waals surface area contributed by atoms with E-state index >= 15 is 0 Å². The van der Waals surface area contributed by atoms with Crippen LogP contribution in [0.15, 0.2) is 88.5 Å². The lowest BCUT2D eigenvalue weighted by Gasteiger charge is -2.22. The number of carbonyl (C=O) groups excluding carboxylic acids is 1. The monoisotopic (exact) mass is 431 g/mol. The molecule has 3 aromatic carbocycles. The van der Waals surface area contributed by atoms with E-state index in [2.05, 4.69) is 5.32 Å². The van der Waals surface area contributed by atoms with Gasteiger partial charge in [-0.2, -0.15) is 0 Å². The minimum atomic E-state index is -0.947. The van der Waals surface area contributed by atoms with Gasteiger partial charge in [-0.15, -0.1) is 0 Å². The molecule has 162 valence electrons. The fourth-order valence-electron chi connectivity index (χ4n) is 3.78. The van der Waals surface area contributed by atoms with Crippen LogP contribution < -0.4 is 16.6 Å². The number of para-hydroxylation sites is 2. The number of aromatic nitrogens is 2. The van der Waals surface area contributed by atoms with Gasteiger partial charge in [0.15, 0.2) is 0 Å². The Morgan fingerprint density at radius 3 is 2.22 bits per heavy atom. The third-order valence-electron chi connectivity index (χ3n) is 5.51. The largest absolute Gasteiger partial charge is 0.348 e. The molecule has 6 nitrogen and oxygen atoms in total. The lowest BCUT2D eigenvalue weighted by atomic mass is 10.1. The first-order valence-electron chi connectivity index (χ1n) is 10.3. The van der Waals surface area contributed by atoms with Crippen LogP contribution in [0.25, 0.3) is 16.6 Å². The van der Waals surface area contributed by atoms with Gasteiger partial charge in [-0.3, -0.25) is 14.2 Å². The number of benzene rings is 3. The van der Waals surface area contributed by atoms with Gasteiger partial charge in [0.1, 0.15) is 11.9 Å². The Hall–Kier alpha value is -4.00. The number of hydrogen-bond donors (Lipinski definition) is 1. The molecule has 2 atom stereocenters. The number of amides is 1. The molecular formula is C25H22FN3O3. The molecule has 4 rings (SSSR count). The topological polar surface area (TPSA) is 73.1 Å². The van der Waals surface area contributed by atoms with Crippen molar-refractivity contribution in [1.29, 1.82) is 0 Å². The Morgan fingerprint density at radius 2 is 1.50 bits per heavy atom. The number of hydrogen-bond acceptors (Lipinski definition) is 3. The zero-order valence-corrected chi connectivity index (χ0v) is 17.7. The Balaban J connectivity index is 1.85. The zero-order chi connectivity index (χ0) is 22.8. The molecule has 1 heterocycles. The van der Waals surface area contributed by atoms with Crippen LogP contribution in [0.1, 0.15) is 31.5 Å². The number of carbonyl (C=O) groups is 1. The number of fused-ring (bicyclic) bond motifs is 1. The van der Waals surface area contributed by atoms with E-state index in [1.807, 2.05) is 37.3 Å². The second-order valence-electron chi connectivity index (χ2n) is 7.58. The van der Waals surface area contributed by atoms with Crippen molar-refractivity contribution in [3.8, 4) is 5.69 Å². The maximum Gasteiger partial charge on any atom is 0.336 e. The first-order valence-corrected chi connectivity index (χ1v) is 10.3. The van der Waals surface area contributed by atoms with Crippen LogP contribution in [0.4, 0.5) is 4.39 Å². The fraction of sp³-hybridized carbons (Fsp3) is 0.160. The standard InChI is InChI=1S/C25H22FN3O3/c1-16(18-10-4-3-5-11-18)27-23(30)17(2)28-21-14-8-6-12-19(21)24(31)29(25(28)32)22-15-9-7-13-20(22)26/h3-17H,1-2H3,(H,27,30). The average molecular weight is 431 g/mol. The van der Waals surface area contributed by atoms with Crippen LogP contribution in [0.3, 0.4) is 0 Å². The Morgan fingerprint density at radius 1 is 0.875 bits per heavy atom. The van der Waals surface area contributed by atoms with Crippen LogP contribution in [-0.2, 0) is 4.79 Å². The molecular weight excluding hydrogens is 409 g/mol. The van der Waals surface area contributed by atoms with Crippen LogP contribution >= 0.6 is 0 Å². The molecule has 32 heavy (non-hydrogen) atoms. The summed E-state index contributed by atoms with van der Waals surface area (Å²) in [5, 5.41) is 3.13. The molecule has 1 amide bonds. The van der Waals surface area contributed by atoms with E-state index < -0.39 is 29.0 Å². The molecule has 0 saturated carbocycles. The highest BCUT2D eigenvalue weighted by molar-refractivity contribution is 5.84. The van der Waals surface area contributed by atoms with Crippen LogP contribution in [0.2, 0.25) is 0 Å². The van der Waals surface area contributed by atoms with Gasteiger partial charge in [0.25, 0.3) is 5.56 Å². The van der Waals surface area contributed by atoms with Crippen molar-refractivity contribution in [1.82, 2.24) is 14.5 Å². The smallest absolute Gasteiger partial charge is 0.336 e. The van der Waals surface area contributed by atoms with Crippen molar-refractivity contribution in [3.63, 3.8) is 0 Å². The van der Waals surface area contributed by atoms with Gasteiger partial charge in [0.2, 0.25) is 5.91 Å². The Bertz CT molecular complexity index is 1410. The van der Waals surface area contributed by atoms with Gasteiger partial charge in [-0.25, -0.2) is 13.8 Å². The van der Waals surface area contributed by atoms with Crippen molar-refractivity contribution in [2.45, 2.75) is 25.9 Å². The lowest BCUT2D eigenvalue weighted by molar-refractivity contribution is -0.124. The molecule has 0 fully saturated rings. The highest BCUT2D eigenvalue weighted by Gasteiger charge is 2.24. The SMILES string of the molecule is CC(NC(=O)C(C)n1c(=O)n(-c2ccccc2F)c(=O)c2ccccc21)c1ccccc1. The highest BCUT2D eigenvalue weighted by atomic mass is 19.1. The first kappa shape index (κ1) is 21.2. The van der Waals surface area contributed by atoms with Gasteiger partial charge in [-0.1, -0.05) is 54.6 Å². The molecule has 0 spiro atoms. The quantitative estimate of drug-likeness (QED) is 0.523. The number of nitrogens with one attached hydrogen (secondary N) is 1. The summed E-state index contributed by atoms with van der Waals surface area (Å²) in [6, 6.07) is 20.3. The van der Waals surface area contributed by atoms with E-state index in [-0.39, 0.29) is 17.1 Å². The summed E-state index contributed by atoms with van der Waals surface area (Å²) in [5.74, 6) is -1.10. The predicted octanol–water partition coefficient (Wildman–Crippen LogP) is 3.73. The third-order valence-corrected chi connectivity index (χ3v) is 5.51. The first-order chi connectivity index (χ1) is 15.4. The fourth-order valence-corrected chi connectivity index (χ4v) is 3.78. The van der Waals surface area contributed by atoms with E-state index in [0.717, 1.165) is 10.1 Å². The summed E-state index contributed by atoms with van der Waals surface area (Å²) in [6.45, 7) is 3.43. The third kappa shape index (κ3) is 3.73. The van der Waals surface area contributed by atoms with Crippen LogP contribution in [0.5, 0.6) is 0 Å². The molecule has 1 aromatic heterocycles.